The topological polar surface area (TPSA) is 32.5 Å². The summed E-state index contributed by atoms with van der Waals surface area (Å²) in [6.45, 7) is 9.00. The maximum atomic E-state index is 5.80. The van der Waals surface area contributed by atoms with Crippen LogP contribution in [0.15, 0.2) is 10.6 Å². The molecule has 0 bridgehead atoms. The lowest BCUT2D eigenvalue weighted by Crippen LogP contribution is -2.58. The van der Waals surface area contributed by atoms with Crippen molar-refractivity contribution in [3.05, 3.63) is 17.8 Å². The largest absolute Gasteiger partial charge is 0.444 e. The minimum Gasteiger partial charge on any atom is -0.444 e. The molecule has 0 spiro atoms. The van der Waals surface area contributed by atoms with E-state index < -0.39 is 0 Å². The van der Waals surface area contributed by atoms with Crippen molar-refractivity contribution >= 4 is 0 Å². The molecule has 2 fully saturated rings. The average Bonchev–Trinajstić information content (AvgIpc) is 2.94. The predicted molar refractivity (Wildman–Crippen MR) is 79.6 cm³/mol. The van der Waals surface area contributed by atoms with Crippen LogP contribution in [0, 0.1) is 0 Å². The van der Waals surface area contributed by atoms with Gasteiger partial charge in [0.1, 0.15) is 5.76 Å². The molecule has 0 saturated carbocycles. The molecule has 0 N–H and O–H groups in total. The molecule has 0 aliphatic carbocycles. The smallest absolute Gasteiger partial charge is 0.208 e. The molecule has 2 unspecified atom stereocenters. The van der Waals surface area contributed by atoms with Crippen LogP contribution in [0.5, 0.6) is 0 Å². The first-order valence-electron chi connectivity index (χ1n) is 8.21. The van der Waals surface area contributed by atoms with Gasteiger partial charge >= 0.3 is 0 Å². The Morgan fingerprint density at radius 2 is 2.20 bits per heavy atom. The van der Waals surface area contributed by atoms with Gasteiger partial charge < -0.3 is 4.42 Å². The zero-order chi connectivity index (χ0) is 13.9. The molecular formula is C16H27N3O. The summed E-state index contributed by atoms with van der Waals surface area (Å²) >= 11 is 0. The van der Waals surface area contributed by atoms with Crippen molar-refractivity contribution in [3.63, 3.8) is 0 Å². The van der Waals surface area contributed by atoms with Gasteiger partial charge in [0, 0.05) is 31.6 Å². The Kier molecular flexibility index (Phi) is 4.41. The molecule has 2 aliphatic rings. The summed E-state index contributed by atoms with van der Waals surface area (Å²) < 4.78 is 5.80. The summed E-state index contributed by atoms with van der Waals surface area (Å²) in [5, 5.41) is 0. The molecule has 20 heavy (non-hydrogen) atoms. The van der Waals surface area contributed by atoms with E-state index in [1.54, 1.807) is 0 Å². The Balaban J connectivity index is 1.67. The quantitative estimate of drug-likeness (QED) is 0.847. The predicted octanol–water partition coefficient (Wildman–Crippen LogP) is 2.69. The highest BCUT2D eigenvalue weighted by molar-refractivity contribution is 4.96. The van der Waals surface area contributed by atoms with Gasteiger partial charge in [-0.1, -0.05) is 20.3 Å². The third-order valence-electron chi connectivity index (χ3n) is 4.92. The molecule has 0 radical (unpaired) electrons. The van der Waals surface area contributed by atoms with E-state index >= 15 is 0 Å². The van der Waals surface area contributed by atoms with Crippen LogP contribution in [-0.4, -0.2) is 46.5 Å². The number of hydrogen-bond donors (Lipinski definition) is 0. The number of aryl methyl sites for hydroxylation is 1. The lowest BCUT2D eigenvalue weighted by atomic mass is 9.96. The van der Waals surface area contributed by atoms with E-state index in [-0.39, 0.29) is 0 Å². The highest BCUT2D eigenvalue weighted by atomic mass is 16.4. The molecule has 1 aromatic rings. The number of oxazole rings is 1. The van der Waals surface area contributed by atoms with Crippen LogP contribution in [0.1, 0.15) is 51.2 Å². The second-order valence-electron chi connectivity index (χ2n) is 6.21. The number of hydrogen-bond acceptors (Lipinski definition) is 4. The summed E-state index contributed by atoms with van der Waals surface area (Å²) in [7, 11) is 0. The van der Waals surface area contributed by atoms with Crippen molar-refractivity contribution in [2.45, 2.75) is 64.6 Å². The van der Waals surface area contributed by atoms with E-state index in [9.17, 15) is 0 Å². The van der Waals surface area contributed by atoms with Gasteiger partial charge in [0.25, 0.3) is 0 Å². The summed E-state index contributed by atoms with van der Waals surface area (Å²) in [5.74, 6) is 1.90. The normalized spacial score (nSPS) is 28.5. The maximum Gasteiger partial charge on any atom is 0.208 e. The minimum atomic E-state index is 0.654. The number of aromatic nitrogens is 1. The van der Waals surface area contributed by atoms with Gasteiger partial charge in [-0.05, 0) is 25.8 Å². The Bertz CT molecular complexity index is 431. The molecule has 0 amide bonds. The maximum absolute atomic E-state index is 5.80. The Morgan fingerprint density at radius 3 is 2.95 bits per heavy atom. The van der Waals surface area contributed by atoms with Gasteiger partial charge in [-0.3, -0.25) is 9.80 Å². The molecule has 2 aliphatic heterocycles. The van der Waals surface area contributed by atoms with Crippen LogP contribution >= 0.6 is 0 Å². The fourth-order valence-corrected chi connectivity index (χ4v) is 3.65. The van der Waals surface area contributed by atoms with Crippen molar-refractivity contribution < 1.29 is 4.42 Å². The molecule has 2 saturated heterocycles. The first-order chi connectivity index (χ1) is 9.80. The van der Waals surface area contributed by atoms with Crippen LogP contribution in [-0.2, 0) is 13.0 Å². The number of nitrogens with zero attached hydrogens (tertiary/aromatic N) is 3. The fourth-order valence-electron chi connectivity index (χ4n) is 3.65. The van der Waals surface area contributed by atoms with Gasteiger partial charge in [0.05, 0.1) is 12.7 Å². The van der Waals surface area contributed by atoms with Crippen LogP contribution in [0.25, 0.3) is 0 Å². The van der Waals surface area contributed by atoms with Gasteiger partial charge in [-0.25, -0.2) is 4.98 Å². The van der Waals surface area contributed by atoms with Crippen LogP contribution in [0.2, 0.25) is 0 Å². The molecule has 1 aromatic heterocycles. The molecule has 4 nitrogen and oxygen atoms in total. The number of piperazine rings is 1. The van der Waals surface area contributed by atoms with Crippen LogP contribution in [0.3, 0.4) is 0 Å². The van der Waals surface area contributed by atoms with E-state index in [1.807, 2.05) is 6.20 Å². The zero-order valence-corrected chi connectivity index (χ0v) is 12.8. The first-order valence-corrected chi connectivity index (χ1v) is 8.21. The van der Waals surface area contributed by atoms with Gasteiger partial charge in [-0.15, -0.1) is 0 Å². The summed E-state index contributed by atoms with van der Waals surface area (Å²) in [4.78, 5) is 9.74. The van der Waals surface area contributed by atoms with Crippen molar-refractivity contribution in [2.24, 2.45) is 0 Å². The van der Waals surface area contributed by atoms with E-state index in [0.29, 0.717) is 6.04 Å². The fraction of sp³-hybridized carbons (Fsp3) is 0.812. The molecule has 112 valence electrons. The van der Waals surface area contributed by atoms with Crippen molar-refractivity contribution in [3.8, 4) is 0 Å². The zero-order valence-electron chi connectivity index (χ0n) is 12.8. The van der Waals surface area contributed by atoms with Crippen molar-refractivity contribution in [2.75, 3.05) is 19.6 Å². The van der Waals surface area contributed by atoms with E-state index in [1.165, 1.54) is 45.3 Å². The molecule has 4 heteroatoms. The van der Waals surface area contributed by atoms with Crippen molar-refractivity contribution in [1.82, 2.24) is 14.8 Å². The molecule has 0 aromatic carbocycles. The SMILES string of the molecule is CCc1cnc(CN2CC3CCCCN3CC2CC)o1. The molecule has 3 heterocycles. The van der Waals surface area contributed by atoms with Crippen LogP contribution in [0.4, 0.5) is 0 Å². The molecule has 3 rings (SSSR count). The van der Waals surface area contributed by atoms with Gasteiger partial charge in [0.15, 0.2) is 0 Å². The molecule has 2 atom stereocenters. The number of fused-ring (bicyclic) bond motifs is 1. The first kappa shape index (κ1) is 14.1. The Morgan fingerprint density at radius 1 is 1.30 bits per heavy atom. The Labute approximate surface area is 122 Å². The summed E-state index contributed by atoms with van der Waals surface area (Å²) in [6, 6.07) is 1.41. The van der Waals surface area contributed by atoms with Gasteiger partial charge in [-0.2, -0.15) is 0 Å². The number of rotatable bonds is 4. The Hall–Kier alpha value is -0.870. The highest BCUT2D eigenvalue weighted by Gasteiger charge is 2.34. The molecular weight excluding hydrogens is 250 g/mol. The standard InChI is InChI=1S/C16H27N3O/c1-3-13-10-18-8-6-5-7-14(18)11-19(13)12-16-17-9-15(4-2)20-16/h9,13-14H,3-8,10-12H2,1-2H3. The third-order valence-corrected chi connectivity index (χ3v) is 4.92. The highest BCUT2D eigenvalue weighted by Crippen LogP contribution is 2.26. The van der Waals surface area contributed by atoms with E-state index in [2.05, 4.69) is 28.6 Å². The van der Waals surface area contributed by atoms with Crippen LogP contribution < -0.4 is 0 Å². The monoisotopic (exact) mass is 277 g/mol. The summed E-state index contributed by atoms with van der Waals surface area (Å²) in [5.41, 5.74) is 0. The lowest BCUT2D eigenvalue weighted by molar-refractivity contribution is -0.000611. The second-order valence-corrected chi connectivity index (χ2v) is 6.21. The minimum absolute atomic E-state index is 0.654. The third kappa shape index (κ3) is 2.91. The van der Waals surface area contributed by atoms with Crippen molar-refractivity contribution in [1.29, 1.82) is 0 Å². The van der Waals surface area contributed by atoms with E-state index in [0.717, 1.165) is 30.7 Å². The number of piperidine rings is 1. The lowest BCUT2D eigenvalue weighted by Gasteiger charge is -2.48. The average molecular weight is 277 g/mol. The summed E-state index contributed by atoms with van der Waals surface area (Å²) in [6.07, 6.45) is 8.16. The van der Waals surface area contributed by atoms with Gasteiger partial charge in [0.2, 0.25) is 5.89 Å². The van der Waals surface area contributed by atoms with E-state index in [4.69, 9.17) is 4.42 Å². The second kappa shape index (κ2) is 6.27.